The van der Waals surface area contributed by atoms with Crippen LogP contribution in [0.4, 0.5) is 0 Å². The van der Waals surface area contributed by atoms with E-state index in [1.807, 2.05) is 6.07 Å². The van der Waals surface area contributed by atoms with Crippen molar-refractivity contribution in [1.29, 1.82) is 0 Å². The van der Waals surface area contributed by atoms with Gasteiger partial charge >= 0.3 is 0 Å². The molecule has 0 aliphatic carbocycles. The predicted octanol–water partition coefficient (Wildman–Crippen LogP) is 7.37. The monoisotopic (exact) mass is 514 g/mol. The van der Waals surface area contributed by atoms with Crippen molar-refractivity contribution in [3.8, 4) is 0 Å². The minimum Gasteiger partial charge on any atom is -0.417 e. The topological polar surface area (TPSA) is 61.8 Å². The summed E-state index contributed by atoms with van der Waals surface area (Å²) in [6.45, 7) is 12.6. The molecule has 0 amide bonds. The highest BCUT2D eigenvalue weighted by Gasteiger charge is 2.36. The van der Waals surface area contributed by atoms with Crippen LogP contribution < -0.4 is 0 Å². The minimum absolute atomic E-state index is 0.228. The SMILES string of the molecule is COCO[C@H](CCCCCCCCCS(=O)(=O)c1ccccc1)CCCO[Si](C)(C)C(C)(C)C. The molecule has 0 aliphatic heterocycles. The quantitative estimate of drug-likeness (QED) is 0.110. The molecule has 1 aromatic carbocycles. The van der Waals surface area contributed by atoms with Gasteiger partial charge in [0.05, 0.1) is 16.8 Å². The highest BCUT2D eigenvalue weighted by Crippen LogP contribution is 2.36. The third kappa shape index (κ3) is 12.8. The first kappa shape index (κ1) is 31.3. The van der Waals surface area contributed by atoms with Crippen molar-refractivity contribution in [2.75, 3.05) is 26.3 Å². The molecule has 0 bridgehead atoms. The van der Waals surface area contributed by atoms with Crippen LogP contribution in [0.3, 0.4) is 0 Å². The van der Waals surface area contributed by atoms with E-state index in [0.717, 1.165) is 58.0 Å². The molecule has 0 heterocycles. The van der Waals surface area contributed by atoms with Gasteiger partial charge in [-0.05, 0) is 55.9 Å². The molecule has 0 saturated carbocycles. The smallest absolute Gasteiger partial charge is 0.191 e. The van der Waals surface area contributed by atoms with E-state index in [2.05, 4.69) is 33.9 Å². The number of rotatable bonds is 19. The molecule has 34 heavy (non-hydrogen) atoms. The van der Waals surface area contributed by atoms with Gasteiger partial charge in [0.25, 0.3) is 0 Å². The van der Waals surface area contributed by atoms with E-state index in [-0.39, 0.29) is 16.9 Å². The number of methoxy groups -OCH3 is 1. The lowest BCUT2D eigenvalue weighted by Crippen LogP contribution is -2.41. The zero-order chi connectivity index (χ0) is 25.5. The fraction of sp³-hybridized carbons (Fsp3) is 0.778. The lowest BCUT2D eigenvalue weighted by atomic mass is 10.0. The second kappa shape index (κ2) is 16.1. The first-order valence-corrected chi connectivity index (χ1v) is 17.6. The Morgan fingerprint density at radius 3 is 2.00 bits per heavy atom. The van der Waals surface area contributed by atoms with Crippen molar-refractivity contribution in [2.24, 2.45) is 0 Å². The van der Waals surface area contributed by atoms with Gasteiger partial charge in [-0.25, -0.2) is 8.42 Å². The predicted molar refractivity (Wildman–Crippen MR) is 145 cm³/mol. The van der Waals surface area contributed by atoms with E-state index in [4.69, 9.17) is 13.9 Å². The number of hydrogen-bond donors (Lipinski definition) is 0. The maximum Gasteiger partial charge on any atom is 0.191 e. The van der Waals surface area contributed by atoms with Gasteiger partial charge < -0.3 is 13.9 Å². The Labute approximate surface area is 211 Å². The van der Waals surface area contributed by atoms with Gasteiger partial charge in [-0.15, -0.1) is 0 Å². The van der Waals surface area contributed by atoms with Crippen molar-refractivity contribution in [3.05, 3.63) is 30.3 Å². The van der Waals surface area contributed by atoms with Crippen LogP contribution in [0.2, 0.25) is 18.1 Å². The average Bonchev–Trinajstić information content (AvgIpc) is 2.78. The van der Waals surface area contributed by atoms with E-state index in [1.54, 1.807) is 31.4 Å². The van der Waals surface area contributed by atoms with Crippen LogP contribution >= 0.6 is 0 Å². The van der Waals surface area contributed by atoms with Crippen LogP contribution in [-0.4, -0.2) is 49.1 Å². The number of benzene rings is 1. The zero-order valence-corrected chi connectivity index (χ0v) is 24.4. The van der Waals surface area contributed by atoms with E-state index in [0.29, 0.717) is 11.7 Å². The zero-order valence-electron chi connectivity index (χ0n) is 22.6. The molecule has 5 nitrogen and oxygen atoms in total. The fourth-order valence-electron chi connectivity index (χ4n) is 3.62. The minimum atomic E-state index is -3.14. The fourth-order valence-corrected chi connectivity index (χ4v) is 6.10. The van der Waals surface area contributed by atoms with Crippen LogP contribution in [0.25, 0.3) is 0 Å². The summed E-state index contributed by atoms with van der Waals surface area (Å²) in [5, 5.41) is 0.245. The van der Waals surface area contributed by atoms with Gasteiger partial charge in [-0.1, -0.05) is 77.5 Å². The van der Waals surface area contributed by atoms with Crippen molar-refractivity contribution in [1.82, 2.24) is 0 Å². The molecule has 0 radical (unpaired) electrons. The second-order valence-corrected chi connectivity index (χ2v) is 17.8. The molecule has 0 aliphatic rings. The van der Waals surface area contributed by atoms with E-state index in [1.165, 1.54) is 12.8 Å². The number of unbranched alkanes of at least 4 members (excludes halogenated alkanes) is 6. The van der Waals surface area contributed by atoms with Crippen molar-refractivity contribution in [3.63, 3.8) is 0 Å². The number of ether oxygens (including phenoxy) is 2. The summed E-state index contributed by atoms with van der Waals surface area (Å²) in [7, 11) is -3.15. The van der Waals surface area contributed by atoms with E-state index >= 15 is 0 Å². The summed E-state index contributed by atoms with van der Waals surface area (Å²) >= 11 is 0. The summed E-state index contributed by atoms with van der Waals surface area (Å²) in [4.78, 5) is 0.437. The van der Waals surface area contributed by atoms with E-state index < -0.39 is 18.2 Å². The number of hydrogen-bond acceptors (Lipinski definition) is 5. The Kier molecular flexibility index (Phi) is 14.8. The lowest BCUT2D eigenvalue weighted by Gasteiger charge is -2.36. The summed E-state index contributed by atoms with van der Waals surface area (Å²) in [5.41, 5.74) is 0. The molecule has 1 rings (SSSR count). The average molecular weight is 515 g/mol. The van der Waals surface area contributed by atoms with Crippen LogP contribution in [-0.2, 0) is 23.7 Å². The highest BCUT2D eigenvalue weighted by atomic mass is 32.2. The molecule has 0 N–H and O–H groups in total. The summed E-state index contributed by atoms with van der Waals surface area (Å²) < 4.78 is 41.9. The van der Waals surface area contributed by atoms with Crippen LogP contribution in [0.5, 0.6) is 0 Å². The Bertz CT molecular complexity index is 744. The Balaban J connectivity index is 2.15. The molecule has 0 saturated heterocycles. The van der Waals surface area contributed by atoms with Gasteiger partial charge in [0.15, 0.2) is 18.2 Å². The molecule has 1 atom stereocenters. The molecular formula is C27H50O5SSi. The number of sulfone groups is 1. The largest absolute Gasteiger partial charge is 0.417 e. The van der Waals surface area contributed by atoms with Crippen LogP contribution in [0, 0.1) is 0 Å². The summed E-state index contributed by atoms with van der Waals surface area (Å²) in [6, 6.07) is 8.76. The lowest BCUT2D eigenvalue weighted by molar-refractivity contribution is -0.0782. The Morgan fingerprint density at radius 1 is 0.853 bits per heavy atom. The first-order chi connectivity index (χ1) is 16.0. The van der Waals surface area contributed by atoms with Gasteiger partial charge in [-0.2, -0.15) is 0 Å². The van der Waals surface area contributed by atoms with Crippen LogP contribution in [0.1, 0.15) is 85.0 Å². The third-order valence-corrected chi connectivity index (χ3v) is 13.3. The molecule has 0 unspecified atom stereocenters. The normalized spacial score (nSPS) is 13.8. The van der Waals surface area contributed by atoms with Crippen molar-refractivity contribution < 1.29 is 22.3 Å². The molecule has 0 fully saturated rings. The van der Waals surface area contributed by atoms with Crippen LogP contribution in [0.15, 0.2) is 35.2 Å². The molecule has 0 aromatic heterocycles. The van der Waals surface area contributed by atoms with Gasteiger partial charge in [-0.3, -0.25) is 0 Å². The molecular weight excluding hydrogens is 464 g/mol. The molecule has 0 spiro atoms. The van der Waals surface area contributed by atoms with Gasteiger partial charge in [0, 0.05) is 13.7 Å². The molecule has 1 aromatic rings. The summed E-state index contributed by atoms with van der Waals surface area (Å²) in [5.74, 6) is 0.245. The maximum absolute atomic E-state index is 12.3. The highest BCUT2D eigenvalue weighted by molar-refractivity contribution is 7.91. The third-order valence-electron chi connectivity index (χ3n) is 6.90. The first-order valence-electron chi connectivity index (χ1n) is 13.0. The molecule has 198 valence electrons. The maximum atomic E-state index is 12.3. The van der Waals surface area contributed by atoms with Crippen molar-refractivity contribution in [2.45, 2.75) is 114 Å². The Hall–Kier alpha value is -0.733. The van der Waals surface area contributed by atoms with Gasteiger partial charge in [0.2, 0.25) is 0 Å². The van der Waals surface area contributed by atoms with Gasteiger partial charge in [0.1, 0.15) is 6.79 Å². The molecule has 7 heteroatoms. The van der Waals surface area contributed by atoms with E-state index in [9.17, 15) is 8.42 Å². The summed E-state index contributed by atoms with van der Waals surface area (Å²) in [6.07, 6.45) is 10.8. The second-order valence-electron chi connectivity index (χ2n) is 10.8. The Morgan fingerprint density at radius 2 is 1.41 bits per heavy atom. The van der Waals surface area contributed by atoms with Crippen molar-refractivity contribution >= 4 is 18.2 Å². The standard InChI is InChI=1S/C27H50O5SSi/c1-27(2,3)34(5,6)32-22-17-19-25(31-24-30-4)18-13-10-8-7-9-11-16-23-33(28,29)26-20-14-12-15-21-26/h12,14-15,20-21,25H,7-11,13,16-19,22-24H2,1-6H3/t25-/m1/s1.